The normalized spacial score (nSPS) is 14.2. The van der Waals surface area contributed by atoms with Crippen molar-refractivity contribution in [1.29, 1.82) is 0 Å². The number of ether oxygens (including phenoxy) is 1. The van der Waals surface area contributed by atoms with Gasteiger partial charge in [0.05, 0.1) is 25.5 Å². The Balaban J connectivity index is 1.41. The second kappa shape index (κ2) is 9.69. The van der Waals surface area contributed by atoms with Crippen molar-refractivity contribution in [2.45, 2.75) is 38.8 Å². The Kier molecular flexibility index (Phi) is 7.03. The molecule has 6 heteroatoms. The van der Waals surface area contributed by atoms with Crippen LogP contribution in [-0.2, 0) is 30.7 Å². The number of nitrogens with one attached hydrogen (secondary N) is 1. The predicted molar refractivity (Wildman–Crippen MR) is 108 cm³/mol. The summed E-state index contributed by atoms with van der Waals surface area (Å²) >= 11 is 1.86. The summed E-state index contributed by atoms with van der Waals surface area (Å²) in [6, 6.07) is 10.2. The molecule has 1 aliphatic carbocycles. The fourth-order valence-corrected chi connectivity index (χ4v) is 4.35. The fraction of sp³-hybridized carbons (Fsp3) is 0.500. The minimum atomic E-state index is 0.641. The highest BCUT2D eigenvalue weighted by Gasteiger charge is 2.16. The van der Waals surface area contributed by atoms with Crippen LogP contribution < -0.4 is 5.32 Å². The van der Waals surface area contributed by atoms with E-state index >= 15 is 0 Å². The summed E-state index contributed by atoms with van der Waals surface area (Å²) in [4.78, 5) is 12.8. The van der Waals surface area contributed by atoms with Crippen molar-refractivity contribution in [2.75, 3.05) is 27.2 Å². The van der Waals surface area contributed by atoms with E-state index in [0.29, 0.717) is 13.2 Å². The van der Waals surface area contributed by atoms with Crippen LogP contribution >= 0.6 is 11.3 Å². The molecule has 1 aromatic carbocycles. The lowest BCUT2D eigenvalue weighted by molar-refractivity contribution is 0.125. The number of benzene rings is 1. The van der Waals surface area contributed by atoms with Crippen LogP contribution in [0.1, 0.15) is 34.0 Å². The number of hydrogen-bond donors (Lipinski definition) is 1. The minimum absolute atomic E-state index is 0.641. The molecule has 0 amide bonds. The molecule has 5 nitrogen and oxygen atoms in total. The summed E-state index contributed by atoms with van der Waals surface area (Å²) in [5.41, 5.74) is 2.52. The Hall–Kier alpha value is -1.92. The maximum absolute atomic E-state index is 5.72. The molecule has 0 aliphatic heterocycles. The van der Waals surface area contributed by atoms with Gasteiger partial charge in [-0.2, -0.15) is 0 Å². The SMILES string of the molecule is CN=C(NCCOCc1ccccc1)N(C)Cc1nc2c(s1)CCCC2. The standard InChI is InChI=1S/C20H28N4OS/c1-21-20(22-12-13-25-15-16-8-4-3-5-9-16)24(2)14-19-23-17-10-6-7-11-18(17)26-19/h3-5,8-9H,6-7,10-15H2,1-2H3,(H,21,22). The minimum Gasteiger partial charge on any atom is -0.375 e. The van der Waals surface area contributed by atoms with Gasteiger partial charge in [0.25, 0.3) is 0 Å². The number of nitrogens with zero attached hydrogens (tertiary/aromatic N) is 3. The second-order valence-corrected chi connectivity index (χ2v) is 7.72. The maximum atomic E-state index is 5.72. The molecule has 1 aromatic heterocycles. The number of fused-ring (bicyclic) bond motifs is 1. The third-order valence-electron chi connectivity index (χ3n) is 4.48. The number of aliphatic imine (C=N–C) groups is 1. The topological polar surface area (TPSA) is 49.8 Å². The maximum Gasteiger partial charge on any atom is 0.193 e. The van der Waals surface area contributed by atoms with Gasteiger partial charge in [0, 0.05) is 25.5 Å². The molecular weight excluding hydrogens is 344 g/mol. The first-order chi connectivity index (χ1) is 12.8. The molecule has 1 heterocycles. The zero-order valence-corrected chi connectivity index (χ0v) is 16.5. The zero-order chi connectivity index (χ0) is 18.2. The van der Waals surface area contributed by atoms with Gasteiger partial charge in [-0.1, -0.05) is 30.3 Å². The number of thiazole rings is 1. The van der Waals surface area contributed by atoms with E-state index in [0.717, 1.165) is 25.5 Å². The molecule has 0 spiro atoms. The lowest BCUT2D eigenvalue weighted by Gasteiger charge is -2.21. The number of aromatic nitrogens is 1. The van der Waals surface area contributed by atoms with Crippen LogP contribution in [0.4, 0.5) is 0 Å². The Morgan fingerprint density at radius 1 is 1.27 bits per heavy atom. The van der Waals surface area contributed by atoms with E-state index in [-0.39, 0.29) is 0 Å². The largest absolute Gasteiger partial charge is 0.375 e. The predicted octanol–water partition coefficient (Wildman–Crippen LogP) is 3.25. The highest BCUT2D eigenvalue weighted by molar-refractivity contribution is 7.11. The van der Waals surface area contributed by atoms with Gasteiger partial charge < -0.3 is 15.0 Å². The van der Waals surface area contributed by atoms with Crippen LogP contribution in [0.2, 0.25) is 0 Å². The molecule has 3 rings (SSSR count). The molecule has 0 saturated carbocycles. The van der Waals surface area contributed by atoms with E-state index < -0.39 is 0 Å². The highest BCUT2D eigenvalue weighted by Crippen LogP contribution is 2.27. The Labute approximate surface area is 160 Å². The van der Waals surface area contributed by atoms with Crippen molar-refractivity contribution >= 4 is 17.3 Å². The summed E-state index contributed by atoms with van der Waals surface area (Å²) in [6.45, 7) is 2.81. The number of rotatable bonds is 7. The van der Waals surface area contributed by atoms with Crippen molar-refractivity contribution in [3.63, 3.8) is 0 Å². The lowest BCUT2D eigenvalue weighted by Crippen LogP contribution is -2.39. The van der Waals surface area contributed by atoms with E-state index in [1.807, 2.05) is 36.6 Å². The average molecular weight is 373 g/mol. The van der Waals surface area contributed by atoms with Gasteiger partial charge in [-0.05, 0) is 31.2 Å². The fourth-order valence-electron chi connectivity index (χ4n) is 3.13. The summed E-state index contributed by atoms with van der Waals surface area (Å²) in [5.74, 6) is 0.876. The molecule has 0 bridgehead atoms. The first kappa shape index (κ1) is 18.9. The molecule has 0 unspecified atom stereocenters. The van der Waals surface area contributed by atoms with E-state index in [9.17, 15) is 0 Å². The molecule has 1 aliphatic rings. The molecule has 1 N–H and O–H groups in total. The van der Waals surface area contributed by atoms with Crippen LogP contribution in [0, 0.1) is 0 Å². The van der Waals surface area contributed by atoms with Gasteiger partial charge in [0.2, 0.25) is 0 Å². The van der Waals surface area contributed by atoms with Crippen LogP contribution in [-0.4, -0.2) is 43.1 Å². The summed E-state index contributed by atoms with van der Waals surface area (Å²) in [7, 11) is 3.87. The van der Waals surface area contributed by atoms with Crippen molar-refractivity contribution in [1.82, 2.24) is 15.2 Å². The summed E-state index contributed by atoms with van der Waals surface area (Å²) in [5, 5.41) is 4.55. The van der Waals surface area contributed by atoms with Gasteiger partial charge in [0.15, 0.2) is 5.96 Å². The molecule has 0 fully saturated rings. The number of aryl methyl sites for hydroxylation is 2. The molecule has 0 saturated heterocycles. The zero-order valence-electron chi connectivity index (χ0n) is 15.7. The van der Waals surface area contributed by atoms with E-state index in [1.165, 1.54) is 40.4 Å². The molecule has 140 valence electrons. The van der Waals surface area contributed by atoms with Crippen molar-refractivity contribution in [3.05, 3.63) is 51.5 Å². The van der Waals surface area contributed by atoms with E-state index in [1.54, 1.807) is 0 Å². The molecule has 2 aromatic rings. The Morgan fingerprint density at radius 2 is 2.08 bits per heavy atom. The first-order valence-electron chi connectivity index (χ1n) is 9.27. The molecular formula is C20H28N4OS. The van der Waals surface area contributed by atoms with Crippen LogP contribution in [0.5, 0.6) is 0 Å². The van der Waals surface area contributed by atoms with E-state index in [4.69, 9.17) is 9.72 Å². The van der Waals surface area contributed by atoms with Crippen LogP contribution in [0.15, 0.2) is 35.3 Å². The number of hydrogen-bond acceptors (Lipinski definition) is 4. The highest BCUT2D eigenvalue weighted by atomic mass is 32.1. The third-order valence-corrected chi connectivity index (χ3v) is 5.62. The second-order valence-electron chi connectivity index (χ2n) is 6.55. The smallest absolute Gasteiger partial charge is 0.193 e. The Bertz CT molecular complexity index is 690. The van der Waals surface area contributed by atoms with Gasteiger partial charge in [-0.3, -0.25) is 4.99 Å². The van der Waals surface area contributed by atoms with Crippen LogP contribution in [0.3, 0.4) is 0 Å². The van der Waals surface area contributed by atoms with Crippen molar-refractivity contribution < 1.29 is 4.74 Å². The average Bonchev–Trinajstić information content (AvgIpc) is 3.07. The monoisotopic (exact) mass is 372 g/mol. The first-order valence-corrected chi connectivity index (χ1v) is 10.1. The third kappa shape index (κ3) is 5.29. The Morgan fingerprint density at radius 3 is 2.85 bits per heavy atom. The molecule has 0 atom stereocenters. The molecule has 0 radical (unpaired) electrons. The van der Waals surface area contributed by atoms with Crippen molar-refractivity contribution in [3.8, 4) is 0 Å². The van der Waals surface area contributed by atoms with Crippen LogP contribution in [0.25, 0.3) is 0 Å². The van der Waals surface area contributed by atoms with Gasteiger partial charge in [-0.25, -0.2) is 4.98 Å². The molecule has 26 heavy (non-hydrogen) atoms. The quantitative estimate of drug-likeness (QED) is 0.460. The van der Waals surface area contributed by atoms with Crippen molar-refractivity contribution in [2.24, 2.45) is 4.99 Å². The number of guanidine groups is 1. The van der Waals surface area contributed by atoms with Gasteiger partial charge in [0.1, 0.15) is 5.01 Å². The van der Waals surface area contributed by atoms with Gasteiger partial charge >= 0.3 is 0 Å². The summed E-state index contributed by atoms with van der Waals surface area (Å²) < 4.78 is 5.72. The lowest BCUT2D eigenvalue weighted by atomic mass is 10.0. The van der Waals surface area contributed by atoms with E-state index in [2.05, 4.69) is 34.4 Å². The van der Waals surface area contributed by atoms with Gasteiger partial charge in [-0.15, -0.1) is 11.3 Å². The summed E-state index contributed by atoms with van der Waals surface area (Å²) in [6.07, 6.45) is 4.92.